The third-order valence-electron chi connectivity index (χ3n) is 4.31. The first-order chi connectivity index (χ1) is 10.8. The monoisotopic (exact) mass is 305 g/mol. The van der Waals surface area contributed by atoms with E-state index in [1.54, 1.807) is 0 Å². The van der Waals surface area contributed by atoms with Crippen molar-refractivity contribution in [3.63, 3.8) is 0 Å². The molecule has 0 aromatic heterocycles. The number of aliphatic hydroxyl groups is 1. The fourth-order valence-electron chi connectivity index (χ4n) is 2.98. The summed E-state index contributed by atoms with van der Waals surface area (Å²) in [5.74, 6) is 0. The summed E-state index contributed by atoms with van der Waals surface area (Å²) in [6.07, 6.45) is 4.36. The second-order valence-electron chi connectivity index (χ2n) is 6.09. The van der Waals surface area contributed by atoms with E-state index < -0.39 is 0 Å². The quantitative estimate of drug-likeness (QED) is 0.688. The van der Waals surface area contributed by atoms with Crippen LogP contribution in [0.3, 0.4) is 0 Å². The maximum absolute atomic E-state index is 8.76. The van der Waals surface area contributed by atoms with Crippen LogP contribution in [0.1, 0.15) is 32.6 Å². The maximum Gasteiger partial charge on any atom is 0.0431 e. The van der Waals surface area contributed by atoms with Crippen LogP contribution in [0.4, 0.5) is 11.4 Å². The third-order valence-corrected chi connectivity index (χ3v) is 4.31. The number of nitrogens with one attached hydrogen (secondary N) is 1. The summed E-state index contributed by atoms with van der Waals surface area (Å²) >= 11 is 0. The molecule has 4 nitrogen and oxygen atoms in total. The first kappa shape index (κ1) is 17.1. The summed E-state index contributed by atoms with van der Waals surface area (Å²) in [4.78, 5) is 5.04. The van der Waals surface area contributed by atoms with E-state index in [9.17, 15) is 0 Å². The van der Waals surface area contributed by atoms with Crippen molar-refractivity contribution in [1.82, 2.24) is 4.90 Å². The molecule has 0 amide bonds. The Balaban J connectivity index is 1.72. The van der Waals surface area contributed by atoms with Crippen LogP contribution in [0, 0.1) is 0 Å². The number of nitrogens with zero attached hydrogens (tertiary/aromatic N) is 2. The topological polar surface area (TPSA) is 38.7 Å². The van der Waals surface area contributed by atoms with Crippen molar-refractivity contribution in [3.05, 3.63) is 24.3 Å². The molecule has 1 aliphatic heterocycles. The van der Waals surface area contributed by atoms with E-state index in [1.165, 1.54) is 37.4 Å². The van der Waals surface area contributed by atoms with Crippen LogP contribution in [0.2, 0.25) is 0 Å². The van der Waals surface area contributed by atoms with Gasteiger partial charge in [-0.15, -0.1) is 0 Å². The van der Waals surface area contributed by atoms with Gasteiger partial charge in [-0.1, -0.05) is 6.92 Å². The highest BCUT2D eigenvalue weighted by Gasteiger charge is 2.16. The molecule has 4 heteroatoms. The lowest BCUT2D eigenvalue weighted by molar-refractivity contribution is 0.258. The molecular formula is C18H31N3O. The van der Waals surface area contributed by atoms with Gasteiger partial charge >= 0.3 is 0 Å². The summed E-state index contributed by atoms with van der Waals surface area (Å²) < 4.78 is 0. The SMILES string of the molecule is CCCN1CCN(c2ccc(NCCCCCO)cc2)CC1. The number of benzene rings is 1. The molecular weight excluding hydrogens is 274 g/mol. The van der Waals surface area contributed by atoms with Crippen LogP contribution in [0.5, 0.6) is 0 Å². The normalized spacial score (nSPS) is 16.0. The van der Waals surface area contributed by atoms with Gasteiger partial charge in [-0.2, -0.15) is 0 Å². The summed E-state index contributed by atoms with van der Waals surface area (Å²) in [6.45, 7) is 9.39. The van der Waals surface area contributed by atoms with Gasteiger partial charge in [0.05, 0.1) is 0 Å². The van der Waals surface area contributed by atoms with E-state index in [0.717, 1.165) is 38.9 Å². The number of hydrogen-bond donors (Lipinski definition) is 2. The molecule has 2 N–H and O–H groups in total. The van der Waals surface area contributed by atoms with E-state index in [4.69, 9.17) is 5.11 Å². The zero-order valence-electron chi connectivity index (χ0n) is 13.9. The minimum atomic E-state index is 0.306. The lowest BCUT2D eigenvalue weighted by Gasteiger charge is -2.36. The summed E-state index contributed by atoms with van der Waals surface area (Å²) in [6, 6.07) is 8.82. The van der Waals surface area contributed by atoms with E-state index in [-0.39, 0.29) is 0 Å². The van der Waals surface area contributed by atoms with Gasteiger partial charge in [-0.3, -0.25) is 4.90 Å². The molecule has 1 saturated heterocycles. The maximum atomic E-state index is 8.76. The zero-order chi connectivity index (χ0) is 15.6. The van der Waals surface area contributed by atoms with Gasteiger partial charge in [0.1, 0.15) is 0 Å². The molecule has 0 unspecified atom stereocenters. The molecule has 0 atom stereocenters. The van der Waals surface area contributed by atoms with Crippen molar-refractivity contribution in [2.45, 2.75) is 32.6 Å². The van der Waals surface area contributed by atoms with Crippen LogP contribution in [-0.2, 0) is 0 Å². The van der Waals surface area contributed by atoms with E-state index in [0.29, 0.717) is 6.61 Å². The minimum absolute atomic E-state index is 0.306. The van der Waals surface area contributed by atoms with Crippen LogP contribution in [-0.4, -0.2) is 55.9 Å². The number of piperazine rings is 1. The molecule has 0 radical (unpaired) electrons. The predicted molar refractivity (Wildman–Crippen MR) is 94.8 cm³/mol. The van der Waals surface area contributed by atoms with E-state index >= 15 is 0 Å². The third kappa shape index (κ3) is 5.50. The van der Waals surface area contributed by atoms with Crippen LogP contribution in [0.25, 0.3) is 0 Å². The Hall–Kier alpha value is -1.26. The highest BCUT2D eigenvalue weighted by molar-refractivity contribution is 5.55. The first-order valence-corrected chi connectivity index (χ1v) is 8.75. The molecule has 2 rings (SSSR count). The summed E-state index contributed by atoms with van der Waals surface area (Å²) in [5.41, 5.74) is 2.53. The van der Waals surface area contributed by atoms with Crippen molar-refractivity contribution in [2.24, 2.45) is 0 Å². The molecule has 1 aromatic rings. The predicted octanol–water partition coefficient (Wildman–Crippen LogP) is 2.79. The van der Waals surface area contributed by atoms with Crippen molar-refractivity contribution in [2.75, 3.05) is 56.1 Å². The lowest BCUT2D eigenvalue weighted by Crippen LogP contribution is -2.46. The number of unbranched alkanes of at least 4 members (excludes halogenated alkanes) is 2. The Bertz CT molecular complexity index is 399. The number of rotatable bonds is 9. The van der Waals surface area contributed by atoms with Crippen molar-refractivity contribution < 1.29 is 5.11 Å². The highest BCUT2D eigenvalue weighted by atomic mass is 16.2. The zero-order valence-corrected chi connectivity index (χ0v) is 13.9. The van der Waals surface area contributed by atoms with Gasteiger partial charge in [0, 0.05) is 50.7 Å². The molecule has 0 saturated carbocycles. The Morgan fingerprint density at radius 2 is 1.73 bits per heavy atom. The van der Waals surface area contributed by atoms with Crippen molar-refractivity contribution in [3.8, 4) is 0 Å². The number of aliphatic hydroxyl groups excluding tert-OH is 1. The van der Waals surface area contributed by atoms with Gasteiger partial charge in [0.15, 0.2) is 0 Å². The van der Waals surface area contributed by atoms with Crippen molar-refractivity contribution in [1.29, 1.82) is 0 Å². The molecule has 0 aliphatic carbocycles. The van der Waals surface area contributed by atoms with Crippen LogP contribution < -0.4 is 10.2 Å². The second kappa shape index (κ2) is 9.70. The molecule has 124 valence electrons. The number of hydrogen-bond acceptors (Lipinski definition) is 4. The fourth-order valence-corrected chi connectivity index (χ4v) is 2.98. The van der Waals surface area contributed by atoms with Crippen LogP contribution >= 0.6 is 0 Å². The first-order valence-electron chi connectivity index (χ1n) is 8.75. The van der Waals surface area contributed by atoms with Gasteiger partial charge in [-0.05, 0) is 56.5 Å². The average Bonchev–Trinajstić information content (AvgIpc) is 2.56. The highest BCUT2D eigenvalue weighted by Crippen LogP contribution is 2.19. The molecule has 1 aromatic carbocycles. The van der Waals surface area contributed by atoms with Crippen LogP contribution in [0.15, 0.2) is 24.3 Å². The Labute approximate surface area is 135 Å². The molecule has 1 fully saturated rings. The number of anilines is 2. The van der Waals surface area contributed by atoms with E-state index in [2.05, 4.69) is 46.3 Å². The fraction of sp³-hybridized carbons (Fsp3) is 0.667. The van der Waals surface area contributed by atoms with Gasteiger partial charge in [0.25, 0.3) is 0 Å². The standard InChI is InChI=1S/C18H31N3O/c1-2-11-20-12-14-21(15-13-20)18-8-6-17(7-9-18)19-10-4-3-5-16-22/h6-9,19,22H,2-5,10-16H2,1H3. The Morgan fingerprint density at radius 3 is 2.36 bits per heavy atom. The van der Waals surface area contributed by atoms with Gasteiger partial charge in [0.2, 0.25) is 0 Å². The summed E-state index contributed by atoms with van der Waals surface area (Å²) in [5, 5.41) is 12.2. The largest absolute Gasteiger partial charge is 0.396 e. The van der Waals surface area contributed by atoms with Crippen molar-refractivity contribution >= 4 is 11.4 Å². The molecule has 0 bridgehead atoms. The van der Waals surface area contributed by atoms with Gasteiger partial charge < -0.3 is 15.3 Å². The Kier molecular flexibility index (Phi) is 7.54. The van der Waals surface area contributed by atoms with E-state index in [1.807, 2.05) is 0 Å². The minimum Gasteiger partial charge on any atom is -0.396 e. The smallest absolute Gasteiger partial charge is 0.0431 e. The molecule has 0 spiro atoms. The Morgan fingerprint density at radius 1 is 1.00 bits per heavy atom. The molecule has 22 heavy (non-hydrogen) atoms. The second-order valence-corrected chi connectivity index (χ2v) is 6.09. The molecule has 1 heterocycles. The molecule has 1 aliphatic rings. The summed E-state index contributed by atoms with van der Waals surface area (Å²) in [7, 11) is 0. The average molecular weight is 305 g/mol. The van der Waals surface area contributed by atoms with Gasteiger partial charge in [-0.25, -0.2) is 0 Å². The lowest BCUT2D eigenvalue weighted by atomic mass is 10.2.